The summed E-state index contributed by atoms with van der Waals surface area (Å²) in [5, 5.41) is 3.42. The lowest BCUT2D eigenvalue weighted by Gasteiger charge is -2.30. The Labute approximate surface area is 94.7 Å². The quantitative estimate of drug-likeness (QED) is 0.677. The van der Waals surface area contributed by atoms with E-state index in [2.05, 4.69) is 30.6 Å². The van der Waals surface area contributed by atoms with Gasteiger partial charge in [0.05, 0.1) is 0 Å². The highest BCUT2D eigenvalue weighted by Crippen LogP contribution is 2.14. The van der Waals surface area contributed by atoms with Crippen LogP contribution in [0, 0.1) is 5.92 Å². The maximum atomic E-state index is 4.02. The van der Waals surface area contributed by atoms with Gasteiger partial charge in [0.2, 0.25) is 0 Å². The highest BCUT2D eigenvalue weighted by Gasteiger charge is 2.16. The largest absolute Gasteiger partial charge is 0.317 e. The van der Waals surface area contributed by atoms with Gasteiger partial charge in [-0.15, -0.1) is 0 Å². The van der Waals surface area contributed by atoms with Crippen LogP contribution in [0.1, 0.15) is 33.1 Å². The van der Waals surface area contributed by atoms with E-state index < -0.39 is 0 Å². The number of nitrogens with zero attached hydrogens (tertiary/aromatic N) is 1. The first kappa shape index (κ1) is 12.7. The maximum absolute atomic E-state index is 4.02. The Morgan fingerprint density at radius 1 is 1.40 bits per heavy atom. The lowest BCUT2D eigenvalue weighted by molar-refractivity contribution is 0.219. The molecule has 1 aliphatic heterocycles. The summed E-state index contributed by atoms with van der Waals surface area (Å²) in [6.07, 6.45) is 3.94. The Morgan fingerprint density at radius 3 is 2.60 bits per heavy atom. The van der Waals surface area contributed by atoms with Crippen molar-refractivity contribution in [2.45, 2.75) is 33.1 Å². The second-order valence-corrected chi connectivity index (χ2v) is 4.89. The van der Waals surface area contributed by atoms with Gasteiger partial charge in [-0.2, -0.15) is 0 Å². The van der Waals surface area contributed by atoms with Gasteiger partial charge in [-0.05, 0) is 51.7 Å². The zero-order valence-corrected chi connectivity index (χ0v) is 10.4. The predicted octanol–water partition coefficient (Wildman–Crippen LogP) is 2.27. The van der Waals surface area contributed by atoms with Crippen LogP contribution in [-0.2, 0) is 0 Å². The second-order valence-electron chi connectivity index (χ2n) is 4.89. The van der Waals surface area contributed by atoms with Gasteiger partial charge in [0.1, 0.15) is 0 Å². The summed E-state index contributed by atoms with van der Waals surface area (Å²) in [6.45, 7) is 14.4. The molecule has 0 unspecified atom stereocenters. The molecule has 15 heavy (non-hydrogen) atoms. The summed E-state index contributed by atoms with van der Waals surface area (Å²) >= 11 is 0. The van der Waals surface area contributed by atoms with Crippen LogP contribution >= 0.6 is 0 Å². The first-order chi connectivity index (χ1) is 7.22. The molecule has 1 rings (SSSR count). The number of hydrogen-bond donors (Lipinski definition) is 1. The zero-order chi connectivity index (χ0) is 11.1. The maximum Gasteiger partial charge on any atom is 0.0187 e. The van der Waals surface area contributed by atoms with Gasteiger partial charge in [-0.1, -0.05) is 19.1 Å². The van der Waals surface area contributed by atoms with Crippen LogP contribution in [-0.4, -0.2) is 37.6 Å². The van der Waals surface area contributed by atoms with Crippen LogP contribution < -0.4 is 5.32 Å². The fourth-order valence-electron chi connectivity index (χ4n) is 2.36. The minimum atomic E-state index is 0.900. The van der Waals surface area contributed by atoms with E-state index in [0.717, 1.165) is 12.5 Å². The molecule has 2 heteroatoms. The molecule has 1 fully saturated rings. The molecule has 0 aromatic carbocycles. The third-order valence-electron chi connectivity index (χ3n) is 3.01. The topological polar surface area (TPSA) is 15.3 Å². The van der Waals surface area contributed by atoms with Crippen LogP contribution in [0.2, 0.25) is 0 Å². The fraction of sp³-hybridized carbons (Fsp3) is 0.846. The number of nitrogens with one attached hydrogen (secondary N) is 1. The Kier molecular flexibility index (Phi) is 5.96. The van der Waals surface area contributed by atoms with Crippen molar-refractivity contribution in [2.24, 2.45) is 5.92 Å². The summed E-state index contributed by atoms with van der Waals surface area (Å²) in [5.74, 6) is 0.900. The summed E-state index contributed by atoms with van der Waals surface area (Å²) in [7, 11) is 0. The van der Waals surface area contributed by atoms with Crippen molar-refractivity contribution in [3.63, 3.8) is 0 Å². The smallest absolute Gasteiger partial charge is 0.0187 e. The molecular formula is C13H26N2. The van der Waals surface area contributed by atoms with Gasteiger partial charge in [-0.25, -0.2) is 0 Å². The molecule has 0 aromatic heterocycles. The van der Waals surface area contributed by atoms with Gasteiger partial charge in [0.15, 0.2) is 0 Å². The van der Waals surface area contributed by atoms with E-state index >= 15 is 0 Å². The molecule has 1 N–H and O–H groups in total. The van der Waals surface area contributed by atoms with Crippen molar-refractivity contribution in [2.75, 3.05) is 32.7 Å². The SMILES string of the molecule is C=C(C)CN(CCC)CC1CCNCC1. The van der Waals surface area contributed by atoms with Crippen molar-refractivity contribution >= 4 is 0 Å². The molecule has 1 saturated heterocycles. The average molecular weight is 210 g/mol. The molecule has 0 saturated carbocycles. The minimum absolute atomic E-state index is 0.900. The Morgan fingerprint density at radius 2 is 2.07 bits per heavy atom. The van der Waals surface area contributed by atoms with Gasteiger partial charge < -0.3 is 5.32 Å². The molecule has 0 atom stereocenters. The third-order valence-corrected chi connectivity index (χ3v) is 3.01. The van der Waals surface area contributed by atoms with Crippen LogP contribution in [0.5, 0.6) is 0 Å². The van der Waals surface area contributed by atoms with Crippen LogP contribution in [0.25, 0.3) is 0 Å². The van der Waals surface area contributed by atoms with E-state index in [1.54, 1.807) is 0 Å². The van der Waals surface area contributed by atoms with E-state index in [9.17, 15) is 0 Å². The Hall–Kier alpha value is -0.340. The number of piperidine rings is 1. The normalized spacial score (nSPS) is 18.3. The van der Waals surface area contributed by atoms with Crippen molar-refractivity contribution in [3.05, 3.63) is 12.2 Å². The molecule has 1 heterocycles. The monoisotopic (exact) mass is 210 g/mol. The molecule has 0 aliphatic carbocycles. The average Bonchev–Trinajstić information content (AvgIpc) is 2.18. The fourth-order valence-corrected chi connectivity index (χ4v) is 2.36. The molecule has 1 aliphatic rings. The van der Waals surface area contributed by atoms with Crippen molar-refractivity contribution in [3.8, 4) is 0 Å². The highest BCUT2D eigenvalue weighted by atomic mass is 15.1. The molecule has 0 bridgehead atoms. The first-order valence-electron chi connectivity index (χ1n) is 6.29. The summed E-state index contributed by atoms with van der Waals surface area (Å²) in [4.78, 5) is 2.57. The first-order valence-corrected chi connectivity index (χ1v) is 6.29. The van der Waals surface area contributed by atoms with Crippen LogP contribution in [0.3, 0.4) is 0 Å². The Balaban J connectivity index is 2.31. The molecule has 0 spiro atoms. The van der Waals surface area contributed by atoms with Crippen LogP contribution in [0.15, 0.2) is 12.2 Å². The van der Waals surface area contributed by atoms with Gasteiger partial charge in [0, 0.05) is 13.1 Å². The molecule has 0 aromatic rings. The molecular weight excluding hydrogens is 184 g/mol. The lowest BCUT2D eigenvalue weighted by Crippen LogP contribution is -2.37. The lowest BCUT2D eigenvalue weighted by atomic mass is 9.97. The molecule has 88 valence electrons. The van der Waals surface area contributed by atoms with Crippen molar-refractivity contribution in [1.29, 1.82) is 0 Å². The third kappa shape index (κ3) is 5.33. The van der Waals surface area contributed by atoms with E-state index in [1.807, 2.05) is 0 Å². The zero-order valence-electron chi connectivity index (χ0n) is 10.4. The standard InChI is InChI=1S/C13H26N2/c1-4-9-15(10-12(2)3)11-13-5-7-14-8-6-13/h13-14H,2,4-11H2,1,3H3. The van der Waals surface area contributed by atoms with E-state index in [0.29, 0.717) is 0 Å². The minimum Gasteiger partial charge on any atom is -0.317 e. The van der Waals surface area contributed by atoms with E-state index in [-0.39, 0.29) is 0 Å². The molecule has 2 nitrogen and oxygen atoms in total. The summed E-state index contributed by atoms with van der Waals surface area (Å²) < 4.78 is 0. The van der Waals surface area contributed by atoms with Crippen molar-refractivity contribution in [1.82, 2.24) is 10.2 Å². The second kappa shape index (κ2) is 7.02. The van der Waals surface area contributed by atoms with E-state index in [1.165, 1.54) is 51.0 Å². The van der Waals surface area contributed by atoms with Gasteiger partial charge in [-0.3, -0.25) is 4.90 Å². The number of rotatable bonds is 6. The summed E-state index contributed by atoms with van der Waals surface area (Å²) in [5.41, 5.74) is 1.29. The van der Waals surface area contributed by atoms with Crippen LogP contribution in [0.4, 0.5) is 0 Å². The number of hydrogen-bond acceptors (Lipinski definition) is 2. The van der Waals surface area contributed by atoms with Crippen molar-refractivity contribution < 1.29 is 0 Å². The summed E-state index contributed by atoms with van der Waals surface area (Å²) in [6, 6.07) is 0. The predicted molar refractivity (Wildman–Crippen MR) is 67.1 cm³/mol. The van der Waals surface area contributed by atoms with Gasteiger partial charge in [0.25, 0.3) is 0 Å². The van der Waals surface area contributed by atoms with Gasteiger partial charge >= 0.3 is 0 Å². The Bertz CT molecular complexity index is 183. The van der Waals surface area contributed by atoms with E-state index in [4.69, 9.17) is 0 Å². The molecule has 0 amide bonds. The highest BCUT2D eigenvalue weighted by molar-refractivity contribution is 4.92. The molecule has 0 radical (unpaired) electrons.